The molecule has 0 aromatic heterocycles. The van der Waals surface area contributed by atoms with E-state index >= 15 is 0 Å². The number of nitro groups is 1. The number of nitrogens with zero attached hydrogens (tertiary/aromatic N) is 1. The maximum atomic E-state index is 10.6. The molecule has 1 rings (SSSR count). The van der Waals surface area contributed by atoms with Crippen LogP contribution in [0.2, 0.25) is 5.02 Å². The predicted octanol–water partition coefficient (Wildman–Crippen LogP) is -1.26. The zero-order chi connectivity index (χ0) is 13.0. The number of carbonyl (C=O) groups excluding carboxylic acids is 1. The average Bonchev–Trinajstić information content (AvgIpc) is 2.26. The minimum atomic E-state index is -1.34. The molecule has 90 valence electrons. The molecule has 18 heavy (non-hydrogen) atoms. The van der Waals surface area contributed by atoms with E-state index < -0.39 is 10.9 Å². The van der Waals surface area contributed by atoms with Gasteiger partial charge in [0.25, 0.3) is 0 Å². The number of halogens is 1. The minimum absolute atomic E-state index is 0. The van der Waals surface area contributed by atoms with Gasteiger partial charge in [-0.2, -0.15) is 0 Å². The van der Waals surface area contributed by atoms with Gasteiger partial charge in [-0.25, -0.2) is 0 Å². The number of allylic oxidation sites excluding steroid dienone is 1. The fourth-order valence-electron chi connectivity index (χ4n) is 1.23. The van der Waals surface area contributed by atoms with Gasteiger partial charge in [-0.3, -0.25) is 10.1 Å². The van der Waals surface area contributed by atoms with Crippen LogP contribution >= 0.6 is 11.6 Å². The predicted molar refractivity (Wildman–Crippen MR) is 61.0 cm³/mol. The number of carboxylic acid groups (broad SMARTS) is 1. The third kappa shape index (κ3) is 4.42. The first-order chi connectivity index (χ1) is 7.95. The van der Waals surface area contributed by atoms with Crippen molar-refractivity contribution < 1.29 is 44.4 Å². The van der Waals surface area contributed by atoms with Crippen molar-refractivity contribution in [2.75, 3.05) is 0 Å². The van der Waals surface area contributed by atoms with Gasteiger partial charge in [-0.1, -0.05) is 30.7 Å². The molecule has 1 aromatic carbocycles. The van der Waals surface area contributed by atoms with Crippen LogP contribution in [-0.2, 0) is 0 Å². The molecule has 7 heteroatoms. The first kappa shape index (κ1) is 17.1. The van der Waals surface area contributed by atoms with Gasteiger partial charge >= 0.3 is 29.6 Å². The van der Waals surface area contributed by atoms with Crippen LogP contribution in [0, 0.1) is 10.1 Å². The zero-order valence-corrected chi connectivity index (χ0v) is 12.7. The van der Waals surface area contributed by atoms with E-state index in [1.54, 1.807) is 6.92 Å². The molecule has 0 amide bonds. The molecule has 0 N–H and O–H groups in total. The van der Waals surface area contributed by atoms with Crippen molar-refractivity contribution in [3.63, 3.8) is 0 Å². The van der Waals surface area contributed by atoms with Crippen LogP contribution in [0.1, 0.15) is 29.3 Å². The van der Waals surface area contributed by atoms with Gasteiger partial charge in [0.2, 0.25) is 5.70 Å². The molecule has 0 unspecified atom stereocenters. The fourth-order valence-corrected chi connectivity index (χ4v) is 1.47. The first-order valence-electron chi connectivity index (χ1n) is 4.81. The Morgan fingerprint density at radius 3 is 2.50 bits per heavy atom. The van der Waals surface area contributed by atoms with Crippen molar-refractivity contribution in [2.45, 2.75) is 13.3 Å². The van der Waals surface area contributed by atoms with E-state index in [4.69, 9.17) is 11.6 Å². The van der Waals surface area contributed by atoms with Crippen molar-refractivity contribution in [2.24, 2.45) is 0 Å². The summed E-state index contributed by atoms with van der Waals surface area (Å²) in [7, 11) is 0. The molecule has 0 aliphatic carbocycles. The number of aromatic carboxylic acids is 1. The molecule has 0 bridgehead atoms. The number of rotatable bonds is 4. The van der Waals surface area contributed by atoms with E-state index in [2.05, 4.69) is 0 Å². The van der Waals surface area contributed by atoms with Gasteiger partial charge in [0.05, 0.1) is 10.9 Å². The number of benzene rings is 1. The second-order valence-electron chi connectivity index (χ2n) is 3.27. The Balaban J connectivity index is 0.00000289. The van der Waals surface area contributed by atoms with Crippen LogP contribution in [0.3, 0.4) is 0 Å². The summed E-state index contributed by atoms with van der Waals surface area (Å²) >= 11 is 5.82. The van der Waals surface area contributed by atoms with Gasteiger partial charge in [-0.05, 0) is 17.2 Å². The Hall–Kier alpha value is -0.880. The summed E-state index contributed by atoms with van der Waals surface area (Å²) in [6.07, 6.45) is 1.58. The van der Waals surface area contributed by atoms with Gasteiger partial charge in [0, 0.05) is 17.5 Å². The summed E-state index contributed by atoms with van der Waals surface area (Å²) in [4.78, 5) is 20.7. The number of carbonyl (C=O) groups is 1. The quantitative estimate of drug-likeness (QED) is 0.390. The Kier molecular flexibility index (Phi) is 7.16. The molecule has 0 spiro atoms. The summed E-state index contributed by atoms with van der Waals surface area (Å²) in [5, 5.41) is 21.3. The summed E-state index contributed by atoms with van der Waals surface area (Å²) in [5.41, 5.74) is 0.351. The Morgan fingerprint density at radius 1 is 1.50 bits per heavy atom. The van der Waals surface area contributed by atoms with Crippen LogP contribution < -0.4 is 34.7 Å². The van der Waals surface area contributed by atoms with Gasteiger partial charge in [-0.15, -0.1) is 0 Å². The van der Waals surface area contributed by atoms with Crippen LogP contribution in [0.5, 0.6) is 0 Å². The maximum Gasteiger partial charge on any atom is 1.00 e. The number of hydrogen-bond donors (Lipinski definition) is 0. The third-order valence-corrected chi connectivity index (χ3v) is 2.48. The van der Waals surface area contributed by atoms with E-state index in [-0.39, 0.29) is 52.3 Å². The van der Waals surface area contributed by atoms with Crippen LogP contribution in [0.4, 0.5) is 0 Å². The normalized spacial score (nSPS) is 10.7. The van der Waals surface area contributed by atoms with E-state index in [0.717, 1.165) is 0 Å². The minimum Gasteiger partial charge on any atom is -0.545 e. The topological polar surface area (TPSA) is 83.3 Å². The smallest absolute Gasteiger partial charge is 0.545 e. The summed E-state index contributed by atoms with van der Waals surface area (Å²) in [6, 6.07) is 3.91. The van der Waals surface area contributed by atoms with E-state index in [1.807, 2.05) is 0 Å². The molecule has 0 atom stereocenters. The SMILES string of the molecule is CC/C(=C\c1ccc(C(=O)[O-])cc1Cl)[N+](=O)[O-].[Na+]. The Bertz CT molecular complexity index is 502. The monoisotopic (exact) mass is 277 g/mol. The first-order valence-corrected chi connectivity index (χ1v) is 5.19. The molecule has 0 heterocycles. The summed E-state index contributed by atoms with van der Waals surface area (Å²) in [6.45, 7) is 1.65. The van der Waals surface area contributed by atoms with Crippen molar-refractivity contribution in [3.05, 3.63) is 50.2 Å². The molecule has 1 aromatic rings. The Morgan fingerprint density at radius 2 is 2.11 bits per heavy atom. The summed E-state index contributed by atoms with van der Waals surface area (Å²) in [5.74, 6) is -1.34. The molecule has 0 fully saturated rings. The van der Waals surface area contributed by atoms with E-state index in [0.29, 0.717) is 5.56 Å². The van der Waals surface area contributed by atoms with Gasteiger partial charge in [0.1, 0.15) is 0 Å². The van der Waals surface area contributed by atoms with Crippen LogP contribution in [-0.4, -0.2) is 10.9 Å². The van der Waals surface area contributed by atoms with Gasteiger partial charge < -0.3 is 9.90 Å². The molecule has 0 saturated heterocycles. The second kappa shape index (κ2) is 7.53. The standard InChI is InChI=1S/C11H10ClNO4.Na/c1-2-9(13(16)17)5-7-3-4-8(11(14)15)6-10(7)12;/h3-6H,2H2,1H3,(H,14,15);/q;+1/p-1/b9-5+;. The molecule has 0 saturated carbocycles. The van der Waals surface area contributed by atoms with Gasteiger partial charge in [0.15, 0.2) is 0 Å². The molecular formula is C11H9ClNNaO4. The van der Waals surface area contributed by atoms with Crippen LogP contribution in [0.15, 0.2) is 23.9 Å². The number of hydrogen-bond acceptors (Lipinski definition) is 4. The van der Waals surface area contributed by atoms with Crippen molar-refractivity contribution in [1.29, 1.82) is 0 Å². The van der Waals surface area contributed by atoms with Crippen molar-refractivity contribution in [3.8, 4) is 0 Å². The van der Waals surface area contributed by atoms with Crippen molar-refractivity contribution >= 4 is 23.6 Å². The molecule has 5 nitrogen and oxygen atoms in total. The zero-order valence-electron chi connectivity index (χ0n) is 9.97. The maximum absolute atomic E-state index is 10.6. The van der Waals surface area contributed by atoms with E-state index in [9.17, 15) is 20.0 Å². The van der Waals surface area contributed by atoms with E-state index in [1.165, 1.54) is 24.3 Å². The molecule has 0 aliphatic rings. The average molecular weight is 278 g/mol. The number of carboxylic acids is 1. The van der Waals surface area contributed by atoms with Crippen LogP contribution in [0.25, 0.3) is 6.08 Å². The molecule has 0 aliphatic heterocycles. The third-order valence-electron chi connectivity index (χ3n) is 2.16. The van der Waals surface area contributed by atoms with Crippen molar-refractivity contribution in [1.82, 2.24) is 0 Å². The fraction of sp³-hybridized carbons (Fsp3) is 0.182. The molecular weight excluding hydrogens is 269 g/mol. The summed E-state index contributed by atoms with van der Waals surface area (Å²) < 4.78 is 0. The molecule has 0 radical (unpaired) electrons. The largest absolute Gasteiger partial charge is 1.00 e. The second-order valence-corrected chi connectivity index (χ2v) is 3.68. The Labute approximate surface area is 131 Å².